The lowest BCUT2D eigenvalue weighted by atomic mass is 10.2. The van der Waals surface area contributed by atoms with Gasteiger partial charge in [0, 0.05) is 29.3 Å². The quantitative estimate of drug-likeness (QED) is 0.855. The molecular weight excluding hydrogens is 303 g/mol. The van der Waals surface area contributed by atoms with Crippen LogP contribution in [0.4, 0.5) is 0 Å². The second-order valence-electron chi connectivity index (χ2n) is 3.34. The lowest BCUT2D eigenvalue weighted by Crippen LogP contribution is -2.32. The number of hydrogen-bond donors (Lipinski definition) is 1. The summed E-state index contributed by atoms with van der Waals surface area (Å²) in [5.41, 5.74) is 0.744. The summed E-state index contributed by atoms with van der Waals surface area (Å²) in [5, 5.41) is 3.02. The molecule has 0 saturated carbocycles. The van der Waals surface area contributed by atoms with Gasteiger partial charge in [0.1, 0.15) is 0 Å². The highest BCUT2D eigenvalue weighted by Crippen LogP contribution is 2.08. The summed E-state index contributed by atoms with van der Waals surface area (Å²) in [6.45, 7) is 1.54. The summed E-state index contributed by atoms with van der Waals surface area (Å²) in [7, 11) is 3.70. The van der Waals surface area contributed by atoms with E-state index in [1.807, 2.05) is 38.4 Å². The van der Waals surface area contributed by atoms with E-state index in [0.717, 1.165) is 22.2 Å². The zero-order chi connectivity index (χ0) is 11.3. The lowest BCUT2D eigenvalue weighted by Gasteiger charge is -2.16. The molecule has 1 N–H and O–H groups in total. The molecule has 1 amide bonds. The van der Waals surface area contributed by atoms with Crippen LogP contribution in [0.1, 0.15) is 10.4 Å². The largest absolute Gasteiger partial charge is 0.340 e. The topological polar surface area (TPSA) is 32.3 Å². The molecule has 0 heterocycles. The minimum atomic E-state index is 0.0710. The first-order valence-corrected chi connectivity index (χ1v) is 5.88. The molecule has 0 fully saturated rings. The molecule has 0 unspecified atom stereocenters. The molecule has 0 aliphatic carbocycles. The molecule has 15 heavy (non-hydrogen) atoms. The first-order valence-electron chi connectivity index (χ1n) is 4.81. The van der Waals surface area contributed by atoms with E-state index in [9.17, 15) is 4.79 Å². The van der Waals surface area contributed by atoms with Crippen LogP contribution in [0.5, 0.6) is 0 Å². The maximum atomic E-state index is 11.9. The molecule has 0 aliphatic rings. The monoisotopic (exact) mass is 318 g/mol. The third-order valence-electron chi connectivity index (χ3n) is 2.14. The summed E-state index contributed by atoms with van der Waals surface area (Å²) < 4.78 is 1.14. The number of halogens is 1. The van der Waals surface area contributed by atoms with E-state index in [4.69, 9.17) is 0 Å². The minimum Gasteiger partial charge on any atom is -0.340 e. The van der Waals surface area contributed by atoms with Crippen LogP contribution in [-0.2, 0) is 0 Å². The molecule has 0 saturated heterocycles. The number of nitrogens with zero attached hydrogens (tertiary/aromatic N) is 1. The molecule has 0 bridgehead atoms. The van der Waals surface area contributed by atoms with Gasteiger partial charge in [-0.25, -0.2) is 0 Å². The SMILES string of the molecule is CNCCN(C)C(=O)c1ccc(I)cc1. The van der Waals surface area contributed by atoms with Crippen molar-refractivity contribution in [2.45, 2.75) is 0 Å². The molecule has 0 aromatic heterocycles. The Bertz CT molecular complexity index is 324. The second kappa shape index (κ2) is 6.07. The first-order chi connectivity index (χ1) is 7.15. The third-order valence-corrected chi connectivity index (χ3v) is 2.85. The van der Waals surface area contributed by atoms with Crippen LogP contribution in [0.25, 0.3) is 0 Å². The van der Waals surface area contributed by atoms with Crippen molar-refractivity contribution in [3.05, 3.63) is 33.4 Å². The van der Waals surface area contributed by atoms with Gasteiger partial charge in [-0.05, 0) is 53.9 Å². The number of nitrogens with one attached hydrogen (secondary N) is 1. The van der Waals surface area contributed by atoms with Crippen molar-refractivity contribution in [3.8, 4) is 0 Å². The smallest absolute Gasteiger partial charge is 0.253 e. The predicted molar refractivity (Wildman–Crippen MR) is 70.0 cm³/mol. The van der Waals surface area contributed by atoms with E-state index in [0.29, 0.717) is 0 Å². The molecule has 0 spiro atoms. The number of amides is 1. The van der Waals surface area contributed by atoms with Crippen molar-refractivity contribution in [3.63, 3.8) is 0 Å². The maximum Gasteiger partial charge on any atom is 0.253 e. The van der Waals surface area contributed by atoms with Crippen molar-refractivity contribution < 1.29 is 4.79 Å². The summed E-state index contributed by atoms with van der Waals surface area (Å²) in [4.78, 5) is 13.6. The van der Waals surface area contributed by atoms with Gasteiger partial charge in [0.25, 0.3) is 5.91 Å². The van der Waals surface area contributed by atoms with Gasteiger partial charge in [0.2, 0.25) is 0 Å². The van der Waals surface area contributed by atoms with Crippen molar-refractivity contribution in [2.24, 2.45) is 0 Å². The number of carbonyl (C=O) groups excluding carboxylic acids is 1. The fourth-order valence-corrected chi connectivity index (χ4v) is 1.55. The third kappa shape index (κ3) is 3.79. The van der Waals surface area contributed by atoms with Gasteiger partial charge in [0.05, 0.1) is 0 Å². The Labute approximate surface area is 104 Å². The molecule has 1 aromatic rings. The normalized spacial score (nSPS) is 10.1. The molecule has 0 radical (unpaired) electrons. The van der Waals surface area contributed by atoms with Crippen LogP contribution in [0.15, 0.2) is 24.3 Å². The van der Waals surface area contributed by atoms with E-state index in [1.54, 1.807) is 4.90 Å². The molecule has 3 nitrogen and oxygen atoms in total. The van der Waals surface area contributed by atoms with Crippen molar-refractivity contribution in [2.75, 3.05) is 27.2 Å². The van der Waals surface area contributed by atoms with E-state index >= 15 is 0 Å². The number of likely N-dealkylation sites (N-methyl/N-ethyl adjacent to an activating group) is 2. The van der Waals surface area contributed by atoms with Crippen LogP contribution in [0.3, 0.4) is 0 Å². The maximum absolute atomic E-state index is 11.9. The van der Waals surface area contributed by atoms with Gasteiger partial charge in [-0.2, -0.15) is 0 Å². The molecule has 0 atom stereocenters. The minimum absolute atomic E-state index is 0.0710. The van der Waals surface area contributed by atoms with E-state index < -0.39 is 0 Å². The van der Waals surface area contributed by atoms with Gasteiger partial charge >= 0.3 is 0 Å². The van der Waals surface area contributed by atoms with E-state index in [2.05, 4.69) is 27.9 Å². The van der Waals surface area contributed by atoms with Crippen molar-refractivity contribution in [1.82, 2.24) is 10.2 Å². The summed E-state index contributed by atoms with van der Waals surface area (Å²) in [5.74, 6) is 0.0710. The second-order valence-corrected chi connectivity index (χ2v) is 4.58. The number of hydrogen-bond acceptors (Lipinski definition) is 2. The summed E-state index contributed by atoms with van der Waals surface area (Å²) in [6.07, 6.45) is 0. The Hall–Kier alpha value is -0.620. The predicted octanol–water partition coefficient (Wildman–Crippen LogP) is 1.58. The van der Waals surface area contributed by atoms with Gasteiger partial charge in [-0.3, -0.25) is 4.79 Å². The van der Waals surface area contributed by atoms with Gasteiger partial charge < -0.3 is 10.2 Å². The van der Waals surface area contributed by atoms with Gasteiger partial charge in [-0.1, -0.05) is 0 Å². The zero-order valence-electron chi connectivity index (χ0n) is 8.96. The fraction of sp³-hybridized carbons (Fsp3) is 0.364. The molecule has 82 valence electrons. The van der Waals surface area contributed by atoms with Gasteiger partial charge in [-0.15, -0.1) is 0 Å². The summed E-state index contributed by atoms with van der Waals surface area (Å²) >= 11 is 2.22. The first kappa shape index (κ1) is 12.4. The zero-order valence-corrected chi connectivity index (χ0v) is 11.1. The van der Waals surface area contributed by atoms with Crippen LogP contribution >= 0.6 is 22.6 Å². The Morgan fingerprint density at radius 2 is 2.00 bits per heavy atom. The van der Waals surface area contributed by atoms with E-state index in [-0.39, 0.29) is 5.91 Å². The Balaban J connectivity index is 2.63. The summed E-state index contributed by atoms with van der Waals surface area (Å²) in [6, 6.07) is 7.61. The standard InChI is InChI=1S/C11H15IN2O/c1-13-7-8-14(2)11(15)9-3-5-10(12)6-4-9/h3-6,13H,7-8H2,1-2H3. The van der Waals surface area contributed by atoms with Crippen LogP contribution in [-0.4, -0.2) is 38.0 Å². The van der Waals surface area contributed by atoms with E-state index in [1.165, 1.54) is 0 Å². The highest BCUT2D eigenvalue weighted by Gasteiger charge is 2.10. The Morgan fingerprint density at radius 1 is 1.40 bits per heavy atom. The highest BCUT2D eigenvalue weighted by atomic mass is 127. The average Bonchev–Trinajstić information content (AvgIpc) is 2.26. The van der Waals surface area contributed by atoms with Crippen LogP contribution in [0.2, 0.25) is 0 Å². The molecule has 0 aliphatic heterocycles. The van der Waals surface area contributed by atoms with Gasteiger partial charge in [0.15, 0.2) is 0 Å². The average molecular weight is 318 g/mol. The molecule has 1 rings (SSSR count). The van der Waals surface area contributed by atoms with Crippen molar-refractivity contribution >= 4 is 28.5 Å². The lowest BCUT2D eigenvalue weighted by molar-refractivity contribution is 0.0797. The highest BCUT2D eigenvalue weighted by molar-refractivity contribution is 14.1. The van der Waals surface area contributed by atoms with Crippen LogP contribution < -0.4 is 5.32 Å². The molecular formula is C11H15IN2O. The van der Waals surface area contributed by atoms with Crippen molar-refractivity contribution in [1.29, 1.82) is 0 Å². The number of benzene rings is 1. The molecule has 4 heteroatoms. The Morgan fingerprint density at radius 3 is 2.53 bits per heavy atom. The molecule has 1 aromatic carbocycles. The van der Waals surface area contributed by atoms with Crippen LogP contribution in [0, 0.1) is 3.57 Å². The Kier molecular flexibility index (Phi) is 5.04. The fourth-order valence-electron chi connectivity index (χ4n) is 1.19. The number of carbonyl (C=O) groups is 1. The number of rotatable bonds is 4.